The standard InChI is InChI=1S/C7H12F5NO2S/c1-2-3-4-13-16(14,15)7(11,12)6(9,10)5-8/h13H,2-5H2,1H3. The van der Waals surface area contributed by atoms with E-state index in [4.69, 9.17) is 0 Å². The highest BCUT2D eigenvalue weighted by Gasteiger charge is 2.65. The molecule has 1 N–H and O–H groups in total. The Morgan fingerprint density at radius 1 is 1.19 bits per heavy atom. The molecule has 0 bridgehead atoms. The molecule has 0 atom stereocenters. The SMILES string of the molecule is CCCCNS(=O)(=O)C(F)(F)C(F)(F)CF. The molecule has 0 saturated carbocycles. The molecule has 0 radical (unpaired) electrons. The maximum atomic E-state index is 12.8. The van der Waals surface area contributed by atoms with E-state index in [0.717, 1.165) is 0 Å². The Kier molecular flexibility index (Phi) is 5.12. The quantitative estimate of drug-likeness (QED) is 0.567. The van der Waals surface area contributed by atoms with E-state index in [1.807, 2.05) is 0 Å². The van der Waals surface area contributed by atoms with Gasteiger partial charge in [0, 0.05) is 6.54 Å². The Balaban J connectivity index is 4.86. The molecule has 16 heavy (non-hydrogen) atoms. The van der Waals surface area contributed by atoms with Gasteiger partial charge in [0.2, 0.25) is 0 Å². The van der Waals surface area contributed by atoms with E-state index in [2.05, 4.69) is 0 Å². The van der Waals surface area contributed by atoms with Crippen molar-refractivity contribution in [2.75, 3.05) is 13.2 Å². The molecule has 0 fully saturated rings. The highest BCUT2D eigenvalue weighted by atomic mass is 32.2. The van der Waals surface area contributed by atoms with E-state index in [0.29, 0.717) is 6.42 Å². The van der Waals surface area contributed by atoms with Gasteiger partial charge in [-0.3, -0.25) is 0 Å². The van der Waals surface area contributed by atoms with Crippen LogP contribution in [0.3, 0.4) is 0 Å². The topological polar surface area (TPSA) is 46.2 Å². The van der Waals surface area contributed by atoms with Gasteiger partial charge in [-0.15, -0.1) is 0 Å². The van der Waals surface area contributed by atoms with Crippen LogP contribution < -0.4 is 4.72 Å². The Bertz CT molecular complexity index is 317. The van der Waals surface area contributed by atoms with Crippen molar-refractivity contribution in [3.8, 4) is 0 Å². The zero-order chi connectivity index (χ0) is 13.0. The van der Waals surface area contributed by atoms with Crippen LogP contribution in [0.1, 0.15) is 19.8 Å². The lowest BCUT2D eigenvalue weighted by atomic mass is 10.3. The third-order valence-corrected chi connectivity index (χ3v) is 3.31. The summed E-state index contributed by atoms with van der Waals surface area (Å²) in [6, 6.07) is 0. The summed E-state index contributed by atoms with van der Waals surface area (Å²) in [5.74, 6) is -5.23. The van der Waals surface area contributed by atoms with Crippen molar-refractivity contribution >= 4 is 10.0 Å². The minimum atomic E-state index is -5.58. The maximum absolute atomic E-state index is 12.8. The van der Waals surface area contributed by atoms with Gasteiger partial charge >= 0.3 is 11.2 Å². The van der Waals surface area contributed by atoms with E-state index in [9.17, 15) is 30.4 Å². The minimum absolute atomic E-state index is 0.219. The molecule has 3 nitrogen and oxygen atoms in total. The summed E-state index contributed by atoms with van der Waals surface area (Å²) < 4.78 is 84.9. The highest BCUT2D eigenvalue weighted by molar-refractivity contribution is 7.90. The average Bonchev–Trinajstić information content (AvgIpc) is 2.17. The first kappa shape index (κ1) is 15.6. The molecule has 9 heteroatoms. The molecule has 0 amide bonds. The molecule has 0 saturated heterocycles. The summed E-state index contributed by atoms with van der Waals surface area (Å²) in [4.78, 5) is 0. The second-order valence-corrected chi connectivity index (χ2v) is 4.91. The van der Waals surface area contributed by atoms with Crippen LogP contribution >= 0.6 is 0 Å². The lowest BCUT2D eigenvalue weighted by Crippen LogP contribution is -2.53. The fraction of sp³-hybridized carbons (Fsp3) is 1.00. The molecule has 0 aromatic heterocycles. The second kappa shape index (κ2) is 5.26. The van der Waals surface area contributed by atoms with Gasteiger partial charge in [0.1, 0.15) is 0 Å². The summed E-state index contributed by atoms with van der Waals surface area (Å²) >= 11 is 0. The van der Waals surface area contributed by atoms with Gasteiger partial charge in [0.25, 0.3) is 10.0 Å². The lowest BCUT2D eigenvalue weighted by Gasteiger charge is -2.23. The van der Waals surface area contributed by atoms with Gasteiger partial charge in [-0.2, -0.15) is 17.6 Å². The number of hydrogen-bond donors (Lipinski definition) is 1. The van der Waals surface area contributed by atoms with Crippen LogP contribution in [-0.2, 0) is 10.0 Å². The van der Waals surface area contributed by atoms with Gasteiger partial charge in [0.15, 0.2) is 6.67 Å². The van der Waals surface area contributed by atoms with Crippen molar-refractivity contribution in [1.29, 1.82) is 0 Å². The largest absolute Gasteiger partial charge is 0.423 e. The maximum Gasteiger partial charge on any atom is 0.423 e. The first-order valence-electron chi connectivity index (χ1n) is 4.43. The molecule has 0 aromatic carbocycles. The Morgan fingerprint density at radius 3 is 2.06 bits per heavy atom. The van der Waals surface area contributed by atoms with E-state index in [1.165, 1.54) is 4.72 Å². The molecule has 0 rings (SSSR count). The van der Waals surface area contributed by atoms with E-state index < -0.39 is 34.4 Å². The summed E-state index contributed by atoms with van der Waals surface area (Å²) in [5.41, 5.74) is 0. The molecule has 0 heterocycles. The van der Waals surface area contributed by atoms with Crippen LogP contribution in [0.5, 0.6) is 0 Å². The van der Waals surface area contributed by atoms with Crippen LogP contribution in [0.2, 0.25) is 0 Å². The summed E-state index contributed by atoms with van der Waals surface area (Å²) in [5, 5.41) is -5.46. The molecular formula is C7H12F5NO2S. The zero-order valence-corrected chi connectivity index (χ0v) is 9.26. The second-order valence-electron chi connectivity index (χ2n) is 3.11. The fourth-order valence-electron chi connectivity index (χ4n) is 0.748. The summed E-state index contributed by atoms with van der Waals surface area (Å²) in [6.45, 7) is -1.48. The molecule has 0 aliphatic carbocycles. The fourth-order valence-corrected chi connectivity index (χ4v) is 1.79. The number of alkyl halides is 5. The van der Waals surface area contributed by atoms with E-state index in [-0.39, 0.29) is 6.42 Å². The molecule has 98 valence electrons. The molecule has 0 spiro atoms. The Labute approximate surface area is 90.1 Å². The Hall–Kier alpha value is -0.440. The number of nitrogens with one attached hydrogen (secondary N) is 1. The monoisotopic (exact) mass is 269 g/mol. The molecular weight excluding hydrogens is 257 g/mol. The number of rotatable bonds is 7. The van der Waals surface area contributed by atoms with E-state index in [1.54, 1.807) is 6.92 Å². The third-order valence-electron chi connectivity index (χ3n) is 1.75. The first-order chi connectivity index (χ1) is 7.12. The van der Waals surface area contributed by atoms with Gasteiger partial charge < -0.3 is 0 Å². The van der Waals surface area contributed by atoms with Crippen molar-refractivity contribution in [2.45, 2.75) is 30.9 Å². The normalized spacial score (nSPS) is 14.1. The first-order valence-corrected chi connectivity index (χ1v) is 5.91. The zero-order valence-electron chi connectivity index (χ0n) is 8.44. The number of hydrogen-bond acceptors (Lipinski definition) is 2. The van der Waals surface area contributed by atoms with Crippen LogP contribution in [0.25, 0.3) is 0 Å². The van der Waals surface area contributed by atoms with Crippen molar-refractivity contribution in [3.05, 3.63) is 0 Å². The van der Waals surface area contributed by atoms with Crippen molar-refractivity contribution in [1.82, 2.24) is 4.72 Å². The number of unbranched alkanes of at least 4 members (excludes halogenated alkanes) is 1. The predicted octanol–water partition coefficient (Wildman–Crippen LogP) is 1.90. The van der Waals surface area contributed by atoms with Crippen LogP contribution in [0.4, 0.5) is 22.0 Å². The van der Waals surface area contributed by atoms with Crippen molar-refractivity contribution < 1.29 is 30.4 Å². The van der Waals surface area contributed by atoms with Crippen LogP contribution in [0, 0.1) is 0 Å². The summed E-state index contributed by atoms with van der Waals surface area (Å²) in [7, 11) is -5.58. The Morgan fingerprint density at radius 2 is 1.69 bits per heavy atom. The predicted molar refractivity (Wildman–Crippen MR) is 47.7 cm³/mol. The third kappa shape index (κ3) is 3.03. The summed E-state index contributed by atoms with van der Waals surface area (Å²) in [6.07, 6.45) is 0.712. The van der Waals surface area contributed by atoms with Crippen LogP contribution in [0.15, 0.2) is 0 Å². The van der Waals surface area contributed by atoms with Gasteiger partial charge in [-0.1, -0.05) is 13.3 Å². The van der Waals surface area contributed by atoms with Crippen molar-refractivity contribution in [2.24, 2.45) is 0 Å². The van der Waals surface area contributed by atoms with Gasteiger partial charge in [0.05, 0.1) is 0 Å². The minimum Gasteiger partial charge on any atom is -0.244 e. The van der Waals surface area contributed by atoms with Crippen molar-refractivity contribution in [3.63, 3.8) is 0 Å². The van der Waals surface area contributed by atoms with Gasteiger partial charge in [-0.25, -0.2) is 17.5 Å². The smallest absolute Gasteiger partial charge is 0.244 e. The molecule has 0 unspecified atom stereocenters. The molecule has 0 aliphatic rings. The number of sulfonamides is 1. The van der Waals surface area contributed by atoms with Gasteiger partial charge in [-0.05, 0) is 6.42 Å². The molecule has 0 aliphatic heterocycles. The van der Waals surface area contributed by atoms with Crippen LogP contribution in [-0.4, -0.2) is 32.8 Å². The number of halogens is 5. The average molecular weight is 269 g/mol. The van der Waals surface area contributed by atoms with E-state index >= 15 is 0 Å². The molecule has 0 aromatic rings. The highest BCUT2D eigenvalue weighted by Crippen LogP contribution is 2.38. The lowest BCUT2D eigenvalue weighted by molar-refractivity contribution is -0.166.